The van der Waals surface area contributed by atoms with Gasteiger partial charge in [0, 0.05) is 29.7 Å². The highest BCUT2D eigenvalue weighted by Crippen LogP contribution is 2.32. The van der Waals surface area contributed by atoms with Crippen LogP contribution in [0.3, 0.4) is 0 Å². The van der Waals surface area contributed by atoms with E-state index in [4.69, 9.17) is 27.9 Å². The maximum absolute atomic E-state index is 12.9. The summed E-state index contributed by atoms with van der Waals surface area (Å²) in [5.41, 5.74) is 3.64. The molecular formula is C27H23Cl2N3O3. The Kier molecular flexibility index (Phi) is 7.54. The normalized spacial score (nSPS) is 10.7. The lowest BCUT2D eigenvalue weighted by molar-refractivity contribution is 0.0518. The number of amides is 1. The van der Waals surface area contributed by atoms with Crippen molar-refractivity contribution in [3.8, 4) is 16.9 Å². The summed E-state index contributed by atoms with van der Waals surface area (Å²) in [4.78, 5) is 27.0. The van der Waals surface area contributed by atoms with E-state index in [1.54, 1.807) is 72.1 Å². The highest BCUT2D eigenvalue weighted by Gasteiger charge is 2.20. The first-order chi connectivity index (χ1) is 16.9. The van der Waals surface area contributed by atoms with Crippen LogP contribution in [0, 0.1) is 0 Å². The number of esters is 1. The second-order valence-electron chi connectivity index (χ2n) is 7.86. The van der Waals surface area contributed by atoms with Crippen molar-refractivity contribution in [3.63, 3.8) is 0 Å². The fraction of sp³-hybridized carbons (Fsp3) is 0.148. The molecule has 0 aliphatic heterocycles. The summed E-state index contributed by atoms with van der Waals surface area (Å²) < 4.78 is 6.72. The van der Waals surface area contributed by atoms with E-state index >= 15 is 0 Å². The van der Waals surface area contributed by atoms with Crippen LogP contribution in [0.1, 0.15) is 33.3 Å². The van der Waals surface area contributed by atoms with Crippen molar-refractivity contribution in [2.45, 2.75) is 13.5 Å². The summed E-state index contributed by atoms with van der Waals surface area (Å²) in [6, 6.07) is 23.6. The minimum absolute atomic E-state index is 0.103. The fourth-order valence-electron chi connectivity index (χ4n) is 3.67. The largest absolute Gasteiger partial charge is 0.461 e. The van der Waals surface area contributed by atoms with Gasteiger partial charge in [0.05, 0.1) is 23.0 Å². The molecule has 3 aromatic carbocycles. The number of hydrogen-bond acceptors (Lipinski definition) is 4. The Balaban J connectivity index is 1.66. The molecule has 1 amide bonds. The Morgan fingerprint density at radius 1 is 0.971 bits per heavy atom. The van der Waals surface area contributed by atoms with Crippen molar-refractivity contribution in [3.05, 3.63) is 106 Å². The van der Waals surface area contributed by atoms with Crippen LogP contribution in [-0.4, -0.2) is 40.2 Å². The van der Waals surface area contributed by atoms with Crippen LogP contribution in [0.5, 0.6) is 0 Å². The zero-order chi connectivity index (χ0) is 24.9. The first kappa shape index (κ1) is 24.5. The first-order valence-electron chi connectivity index (χ1n) is 11.0. The Bertz CT molecular complexity index is 1350. The summed E-state index contributed by atoms with van der Waals surface area (Å²) in [7, 11) is 1.77. The number of halogens is 2. The topological polar surface area (TPSA) is 64.4 Å². The molecule has 4 rings (SSSR count). The molecule has 0 spiro atoms. The molecule has 0 bridgehead atoms. The van der Waals surface area contributed by atoms with Gasteiger partial charge in [-0.3, -0.25) is 4.79 Å². The van der Waals surface area contributed by atoms with Gasteiger partial charge in [-0.1, -0.05) is 53.5 Å². The average molecular weight is 508 g/mol. The minimum Gasteiger partial charge on any atom is -0.461 e. The van der Waals surface area contributed by atoms with E-state index in [0.29, 0.717) is 39.1 Å². The maximum Gasteiger partial charge on any atom is 0.358 e. The average Bonchev–Trinajstić information content (AvgIpc) is 3.30. The predicted octanol–water partition coefficient (Wildman–Crippen LogP) is 6.30. The van der Waals surface area contributed by atoms with E-state index in [1.165, 1.54) is 0 Å². The van der Waals surface area contributed by atoms with E-state index in [0.717, 1.165) is 5.56 Å². The molecule has 1 aromatic heterocycles. The first-order valence-corrected chi connectivity index (χ1v) is 11.8. The zero-order valence-corrected chi connectivity index (χ0v) is 20.8. The Morgan fingerprint density at radius 2 is 1.69 bits per heavy atom. The molecule has 0 aliphatic carbocycles. The van der Waals surface area contributed by atoms with Gasteiger partial charge >= 0.3 is 5.97 Å². The van der Waals surface area contributed by atoms with Gasteiger partial charge < -0.3 is 9.64 Å². The minimum atomic E-state index is -0.535. The van der Waals surface area contributed by atoms with Crippen LogP contribution < -0.4 is 0 Å². The molecule has 178 valence electrons. The van der Waals surface area contributed by atoms with Crippen LogP contribution in [-0.2, 0) is 11.3 Å². The fourth-order valence-corrected chi connectivity index (χ4v) is 4.17. The van der Waals surface area contributed by atoms with E-state index in [1.807, 2.05) is 30.3 Å². The lowest BCUT2D eigenvalue weighted by Gasteiger charge is -2.17. The van der Waals surface area contributed by atoms with E-state index in [2.05, 4.69) is 5.10 Å². The van der Waals surface area contributed by atoms with E-state index in [9.17, 15) is 9.59 Å². The van der Waals surface area contributed by atoms with E-state index < -0.39 is 5.97 Å². The molecule has 0 atom stereocenters. The van der Waals surface area contributed by atoms with Gasteiger partial charge in [0.15, 0.2) is 5.69 Å². The molecule has 0 saturated heterocycles. The molecule has 8 heteroatoms. The van der Waals surface area contributed by atoms with Crippen molar-refractivity contribution in [2.24, 2.45) is 0 Å². The van der Waals surface area contributed by atoms with Crippen molar-refractivity contribution >= 4 is 35.1 Å². The number of benzene rings is 3. The van der Waals surface area contributed by atoms with Gasteiger partial charge in [-0.15, -0.1) is 0 Å². The third kappa shape index (κ3) is 5.56. The van der Waals surface area contributed by atoms with Crippen LogP contribution in [0.25, 0.3) is 16.9 Å². The van der Waals surface area contributed by atoms with Gasteiger partial charge in [0.25, 0.3) is 5.91 Å². The molecule has 0 N–H and O–H groups in total. The van der Waals surface area contributed by atoms with Crippen LogP contribution in [0.4, 0.5) is 0 Å². The van der Waals surface area contributed by atoms with Crippen molar-refractivity contribution in [1.29, 1.82) is 0 Å². The molecule has 0 unspecified atom stereocenters. The highest BCUT2D eigenvalue weighted by molar-refractivity contribution is 6.36. The number of carbonyl (C=O) groups excluding carboxylic acids is 2. The second kappa shape index (κ2) is 10.8. The smallest absolute Gasteiger partial charge is 0.358 e. The quantitative estimate of drug-likeness (QED) is 0.275. The SMILES string of the molecule is CCOC(=O)c1cc(-c2ccc(Cl)cc2Cl)n(-c2ccc(C(=O)N(C)Cc3ccccc3)cc2)n1. The zero-order valence-electron chi connectivity index (χ0n) is 19.2. The number of hydrogen-bond donors (Lipinski definition) is 0. The molecule has 6 nitrogen and oxygen atoms in total. The molecule has 35 heavy (non-hydrogen) atoms. The molecule has 0 radical (unpaired) electrons. The molecule has 4 aromatic rings. The van der Waals surface area contributed by atoms with Gasteiger partial charge in [-0.2, -0.15) is 5.10 Å². The Hall–Kier alpha value is -3.61. The van der Waals surface area contributed by atoms with Gasteiger partial charge in [-0.25, -0.2) is 9.48 Å². The van der Waals surface area contributed by atoms with Crippen LogP contribution >= 0.6 is 23.2 Å². The second-order valence-corrected chi connectivity index (χ2v) is 8.71. The van der Waals surface area contributed by atoms with E-state index in [-0.39, 0.29) is 18.2 Å². The van der Waals surface area contributed by atoms with Crippen molar-refractivity contribution in [1.82, 2.24) is 14.7 Å². The molecular weight excluding hydrogens is 485 g/mol. The monoisotopic (exact) mass is 507 g/mol. The lowest BCUT2D eigenvalue weighted by atomic mass is 10.1. The molecule has 0 saturated carbocycles. The Labute approximate surface area is 213 Å². The molecule has 0 fully saturated rings. The number of aromatic nitrogens is 2. The van der Waals surface area contributed by atoms with Crippen LogP contribution in [0.2, 0.25) is 10.0 Å². The summed E-state index contributed by atoms with van der Waals surface area (Å²) in [6.45, 7) is 2.47. The standard InChI is InChI=1S/C27H23Cl2N3O3/c1-3-35-27(34)24-16-25(22-14-11-20(28)15-23(22)29)32(30-24)21-12-9-19(10-13-21)26(33)31(2)17-18-7-5-4-6-8-18/h4-16H,3,17H2,1-2H3. The Morgan fingerprint density at radius 3 is 2.34 bits per heavy atom. The molecule has 0 aliphatic rings. The third-order valence-corrected chi connectivity index (χ3v) is 5.92. The lowest BCUT2D eigenvalue weighted by Crippen LogP contribution is -2.26. The number of rotatable bonds is 7. The van der Waals surface area contributed by atoms with Crippen LogP contribution in [0.15, 0.2) is 78.9 Å². The molecule has 1 heterocycles. The van der Waals surface area contributed by atoms with Gasteiger partial charge in [0.1, 0.15) is 0 Å². The van der Waals surface area contributed by atoms with Crippen molar-refractivity contribution < 1.29 is 14.3 Å². The summed E-state index contributed by atoms with van der Waals surface area (Å²) in [5.74, 6) is -0.638. The summed E-state index contributed by atoms with van der Waals surface area (Å²) in [6.07, 6.45) is 0. The number of ether oxygens (including phenoxy) is 1. The highest BCUT2D eigenvalue weighted by atomic mass is 35.5. The maximum atomic E-state index is 12.9. The summed E-state index contributed by atoms with van der Waals surface area (Å²) >= 11 is 12.5. The number of carbonyl (C=O) groups is 2. The third-order valence-electron chi connectivity index (χ3n) is 5.37. The van der Waals surface area contributed by atoms with Gasteiger partial charge in [-0.05, 0) is 61.0 Å². The summed E-state index contributed by atoms with van der Waals surface area (Å²) in [5, 5.41) is 5.38. The predicted molar refractivity (Wildman–Crippen MR) is 137 cm³/mol. The van der Waals surface area contributed by atoms with Crippen molar-refractivity contribution in [2.75, 3.05) is 13.7 Å². The number of nitrogens with zero attached hydrogens (tertiary/aromatic N) is 3. The van der Waals surface area contributed by atoms with Gasteiger partial charge in [0.2, 0.25) is 0 Å².